The second-order valence-electron chi connectivity index (χ2n) is 3.64. The summed E-state index contributed by atoms with van der Waals surface area (Å²) in [6.45, 7) is 8.83. The maximum absolute atomic E-state index is 5.02. The Morgan fingerprint density at radius 1 is 1.30 bits per heavy atom. The molecule has 10 heavy (non-hydrogen) atoms. The van der Waals surface area contributed by atoms with Crippen LogP contribution in [-0.2, 0) is 0 Å². The van der Waals surface area contributed by atoms with E-state index in [1.807, 2.05) is 6.92 Å². The molecule has 0 aliphatic heterocycles. The molecule has 0 rings (SSSR count). The van der Waals surface area contributed by atoms with Crippen molar-refractivity contribution in [1.82, 2.24) is 0 Å². The molecule has 0 amide bonds. The molecule has 0 N–H and O–H groups in total. The van der Waals surface area contributed by atoms with Crippen LogP contribution < -0.4 is 0 Å². The highest BCUT2D eigenvalue weighted by Crippen LogP contribution is 2.14. The standard InChI is InChI=1S/C9H18S/c1-7(2)5-8(3)6-9(4)10/h7-8H,5-6H2,1-4H3. The molecule has 1 heteroatoms. The third kappa shape index (κ3) is 6.21. The summed E-state index contributed by atoms with van der Waals surface area (Å²) in [7, 11) is 0. The quantitative estimate of drug-likeness (QED) is 0.565. The van der Waals surface area contributed by atoms with Gasteiger partial charge in [-0.15, -0.1) is 0 Å². The molecule has 0 spiro atoms. The Balaban J connectivity index is 3.43. The lowest BCUT2D eigenvalue weighted by Crippen LogP contribution is -2.03. The van der Waals surface area contributed by atoms with E-state index in [9.17, 15) is 0 Å². The molecule has 0 heterocycles. The maximum atomic E-state index is 5.02. The van der Waals surface area contributed by atoms with Crippen LogP contribution in [0.2, 0.25) is 0 Å². The zero-order chi connectivity index (χ0) is 8.15. The first-order valence-electron chi connectivity index (χ1n) is 4.01. The Morgan fingerprint density at radius 2 is 1.80 bits per heavy atom. The van der Waals surface area contributed by atoms with Crippen molar-refractivity contribution >= 4 is 17.1 Å². The van der Waals surface area contributed by atoms with Gasteiger partial charge in [-0.3, -0.25) is 0 Å². The Labute approximate surface area is 70.0 Å². The molecule has 1 atom stereocenters. The summed E-state index contributed by atoms with van der Waals surface area (Å²) < 4.78 is 0. The SMILES string of the molecule is CC(=S)CC(C)CC(C)C. The second-order valence-corrected chi connectivity index (χ2v) is 4.34. The minimum Gasteiger partial charge on any atom is -0.0900 e. The van der Waals surface area contributed by atoms with Gasteiger partial charge in [-0.05, 0) is 36.5 Å². The van der Waals surface area contributed by atoms with Crippen LogP contribution in [0.1, 0.15) is 40.5 Å². The first kappa shape index (κ1) is 10.1. The molecule has 0 aromatic heterocycles. The zero-order valence-electron chi connectivity index (χ0n) is 7.48. The largest absolute Gasteiger partial charge is 0.0900 e. The van der Waals surface area contributed by atoms with Gasteiger partial charge in [-0.2, -0.15) is 0 Å². The van der Waals surface area contributed by atoms with Gasteiger partial charge in [-0.25, -0.2) is 0 Å². The van der Waals surface area contributed by atoms with E-state index in [2.05, 4.69) is 20.8 Å². The van der Waals surface area contributed by atoms with Crippen molar-refractivity contribution < 1.29 is 0 Å². The molecule has 0 radical (unpaired) electrons. The van der Waals surface area contributed by atoms with E-state index >= 15 is 0 Å². The number of hydrogen-bond acceptors (Lipinski definition) is 1. The summed E-state index contributed by atoms with van der Waals surface area (Å²) in [5.74, 6) is 1.59. The predicted molar refractivity (Wildman–Crippen MR) is 51.5 cm³/mol. The van der Waals surface area contributed by atoms with Crippen LogP contribution in [0.25, 0.3) is 0 Å². The maximum Gasteiger partial charge on any atom is -0.00998 e. The predicted octanol–water partition coefficient (Wildman–Crippen LogP) is 3.45. The normalized spacial score (nSPS) is 13.7. The van der Waals surface area contributed by atoms with E-state index in [1.165, 1.54) is 6.42 Å². The summed E-state index contributed by atoms with van der Waals surface area (Å²) in [5, 5.41) is 0. The van der Waals surface area contributed by atoms with Crippen LogP contribution in [0.15, 0.2) is 0 Å². The average Bonchev–Trinajstić information content (AvgIpc) is 1.58. The van der Waals surface area contributed by atoms with Gasteiger partial charge >= 0.3 is 0 Å². The molecule has 0 aliphatic rings. The molecular formula is C9H18S. The van der Waals surface area contributed by atoms with Crippen molar-refractivity contribution in [2.75, 3.05) is 0 Å². The number of hydrogen-bond donors (Lipinski definition) is 0. The lowest BCUT2D eigenvalue weighted by molar-refractivity contribution is 0.451. The summed E-state index contributed by atoms with van der Waals surface area (Å²) >= 11 is 5.02. The Bertz CT molecular complexity index is 105. The molecule has 0 aromatic carbocycles. The van der Waals surface area contributed by atoms with Gasteiger partial charge in [0.15, 0.2) is 0 Å². The molecule has 0 bridgehead atoms. The van der Waals surface area contributed by atoms with E-state index in [0.29, 0.717) is 0 Å². The summed E-state index contributed by atoms with van der Waals surface area (Å²) in [6, 6.07) is 0. The molecular weight excluding hydrogens is 140 g/mol. The van der Waals surface area contributed by atoms with E-state index < -0.39 is 0 Å². The van der Waals surface area contributed by atoms with Crippen LogP contribution in [-0.4, -0.2) is 4.86 Å². The van der Waals surface area contributed by atoms with E-state index in [1.54, 1.807) is 0 Å². The first-order chi connectivity index (χ1) is 4.52. The fourth-order valence-corrected chi connectivity index (χ4v) is 1.66. The molecule has 0 aliphatic carbocycles. The van der Waals surface area contributed by atoms with E-state index in [0.717, 1.165) is 23.1 Å². The minimum atomic E-state index is 0.775. The second kappa shape index (κ2) is 4.84. The number of rotatable bonds is 4. The highest BCUT2D eigenvalue weighted by atomic mass is 32.1. The third-order valence-electron chi connectivity index (χ3n) is 1.51. The average molecular weight is 158 g/mol. The smallest absolute Gasteiger partial charge is 0.00998 e. The van der Waals surface area contributed by atoms with Crippen LogP contribution >= 0.6 is 12.2 Å². The van der Waals surface area contributed by atoms with Gasteiger partial charge in [0.25, 0.3) is 0 Å². The Hall–Kier alpha value is 0.0900. The minimum absolute atomic E-state index is 0.775. The Kier molecular flexibility index (Phi) is 4.88. The van der Waals surface area contributed by atoms with Crippen LogP contribution in [0.5, 0.6) is 0 Å². The summed E-state index contributed by atoms with van der Waals surface area (Å²) in [4.78, 5) is 1.15. The van der Waals surface area contributed by atoms with Gasteiger partial charge in [0.1, 0.15) is 0 Å². The molecule has 1 unspecified atom stereocenters. The molecule has 0 saturated carbocycles. The van der Waals surface area contributed by atoms with Crippen molar-refractivity contribution in [3.8, 4) is 0 Å². The molecule has 60 valence electrons. The Morgan fingerprint density at radius 3 is 2.10 bits per heavy atom. The fourth-order valence-electron chi connectivity index (χ4n) is 1.38. The van der Waals surface area contributed by atoms with Crippen molar-refractivity contribution in [3.05, 3.63) is 0 Å². The highest BCUT2D eigenvalue weighted by molar-refractivity contribution is 7.80. The zero-order valence-corrected chi connectivity index (χ0v) is 8.29. The van der Waals surface area contributed by atoms with Crippen LogP contribution in [0.3, 0.4) is 0 Å². The van der Waals surface area contributed by atoms with Gasteiger partial charge < -0.3 is 0 Å². The van der Waals surface area contributed by atoms with Crippen molar-refractivity contribution in [3.63, 3.8) is 0 Å². The van der Waals surface area contributed by atoms with Gasteiger partial charge in [0, 0.05) is 0 Å². The van der Waals surface area contributed by atoms with Gasteiger partial charge in [-0.1, -0.05) is 33.0 Å². The van der Waals surface area contributed by atoms with E-state index in [-0.39, 0.29) is 0 Å². The monoisotopic (exact) mass is 158 g/mol. The van der Waals surface area contributed by atoms with Crippen LogP contribution in [0, 0.1) is 11.8 Å². The van der Waals surface area contributed by atoms with Crippen molar-refractivity contribution in [1.29, 1.82) is 0 Å². The van der Waals surface area contributed by atoms with Gasteiger partial charge in [0.2, 0.25) is 0 Å². The first-order valence-corrected chi connectivity index (χ1v) is 4.42. The lowest BCUT2D eigenvalue weighted by Gasteiger charge is -2.12. The van der Waals surface area contributed by atoms with Crippen molar-refractivity contribution in [2.24, 2.45) is 11.8 Å². The number of thiocarbonyl (C=S) groups is 1. The van der Waals surface area contributed by atoms with Crippen molar-refractivity contribution in [2.45, 2.75) is 40.5 Å². The lowest BCUT2D eigenvalue weighted by atomic mass is 9.95. The highest BCUT2D eigenvalue weighted by Gasteiger charge is 2.04. The topological polar surface area (TPSA) is 0 Å². The van der Waals surface area contributed by atoms with Gasteiger partial charge in [0.05, 0.1) is 0 Å². The molecule has 0 fully saturated rings. The summed E-state index contributed by atoms with van der Waals surface area (Å²) in [5.41, 5.74) is 0. The fraction of sp³-hybridized carbons (Fsp3) is 0.889. The summed E-state index contributed by atoms with van der Waals surface area (Å²) in [6.07, 6.45) is 2.42. The molecule has 0 nitrogen and oxygen atoms in total. The van der Waals surface area contributed by atoms with E-state index in [4.69, 9.17) is 12.2 Å². The third-order valence-corrected chi connectivity index (χ3v) is 1.68. The molecule has 0 aromatic rings. The van der Waals surface area contributed by atoms with Crippen LogP contribution in [0.4, 0.5) is 0 Å². The molecule has 0 saturated heterocycles.